The Morgan fingerprint density at radius 1 is 1.21 bits per heavy atom. The molecule has 0 saturated heterocycles. The highest BCUT2D eigenvalue weighted by Crippen LogP contribution is 2.26. The minimum absolute atomic E-state index is 0.659. The molecule has 3 aromatic rings. The van der Waals surface area contributed by atoms with E-state index in [2.05, 4.69) is 15.4 Å². The lowest BCUT2D eigenvalue weighted by molar-refractivity contribution is 0.403. The Labute approximate surface area is 79.5 Å². The number of fused-ring (bicyclic) bond motifs is 1. The summed E-state index contributed by atoms with van der Waals surface area (Å²) in [6.45, 7) is 0. The monoisotopic (exact) mass is 185 g/mol. The molecule has 0 amide bonds. The second kappa shape index (κ2) is 2.70. The van der Waals surface area contributed by atoms with Crippen LogP contribution in [0.1, 0.15) is 0 Å². The summed E-state index contributed by atoms with van der Waals surface area (Å²) in [6.07, 6.45) is 3.53. The zero-order chi connectivity index (χ0) is 9.38. The van der Waals surface area contributed by atoms with Crippen LogP contribution in [0.2, 0.25) is 0 Å². The molecule has 0 bridgehead atoms. The van der Waals surface area contributed by atoms with Gasteiger partial charge in [-0.15, -0.1) is 5.10 Å². The van der Waals surface area contributed by atoms with Crippen LogP contribution in [-0.2, 0) is 0 Å². The van der Waals surface area contributed by atoms with Gasteiger partial charge < -0.3 is 9.51 Å². The lowest BCUT2D eigenvalue weighted by atomic mass is 10.2. The molecule has 0 aliphatic carbocycles. The van der Waals surface area contributed by atoms with Crippen LogP contribution < -0.4 is 0 Å². The van der Waals surface area contributed by atoms with Crippen molar-refractivity contribution in [3.8, 4) is 11.5 Å². The molecule has 4 heteroatoms. The molecule has 2 aromatic heterocycles. The van der Waals surface area contributed by atoms with Crippen molar-refractivity contribution in [2.24, 2.45) is 0 Å². The fourth-order valence-corrected chi connectivity index (χ4v) is 1.56. The quantitative estimate of drug-likeness (QED) is 0.632. The maximum atomic E-state index is 4.99. The van der Waals surface area contributed by atoms with Gasteiger partial charge >= 0.3 is 0 Å². The summed E-state index contributed by atoms with van der Waals surface area (Å²) in [5.41, 5.74) is 0.922. The molecule has 3 rings (SSSR count). The average Bonchev–Trinajstić information content (AvgIpc) is 2.85. The van der Waals surface area contributed by atoms with E-state index in [9.17, 15) is 0 Å². The number of rotatable bonds is 1. The largest absolute Gasteiger partial charge is 0.357 e. The van der Waals surface area contributed by atoms with E-state index >= 15 is 0 Å². The van der Waals surface area contributed by atoms with Gasteiger partial charge in [0.25, 0.3) is 0 Å². The van der Waals surface area contributed by atoms with Crippen molar-refractivity contribution >= 4 is 10.8 Å². The van der Waals surface area contributed by atoms with Crippen LogP contribution in [0.5, 0.6) is 0 Å². The minimum Gasteiger partial charge on any atom is -0.357 e. The topological polar surface area (TPSA) is 54.7 Å². The van der Waals surface area contributed by atoms with Crippen molar-refractivity contribution in [1.82, 2.24) is 15.4 Å². The first kappa shape index (κ1) is 7.32. The van der Waals surface area contributed by atoms with Gasteiger partial charge in [-0.25, -0.2) is 0 Å². The SMILES string of the molecule is c1ccc2c(-c3cnno3)[nH]cc2c1. The van der Waals surface area contributed by atoms with Crippen LogP contribution in [0.4, 0.5) is 0 Å². The Morgan fingerprint density at radius 3 is 3.00 bits per heavy atom. The van der Waals surface area contributed by atoms with Crippen molar-refractivity contribution in [2.45, 2.75) is 0 Å². The van der Waals surface area contributed by atoms with Crippen molar-refractivity contribution in [3.63, 3.8) is 0 Å². The molecular weight excluding hydrogens is 178 g/mol. The zero-order valence-corrected chi connectivity index (χ0v) is 7.27. The molecule has 0 saturated carbocycles. The first-order chi connectivity index (χ1) is 6.95. The van der Waals surface area contributed by atoms with Crippen molar-refractivity contribution in [2.75, 3.05) is 0 Å². The summed E-state index contributed by atoms with van der Waals surface area (Å²) in [7, 11) is 0. The number of H-pyrrole nitrogens is 1. The number of aromatic nitrogens is 3. The van der Waals surface area contributed by atoms with Crippen molar-refractivity contribution in [3.05, 3.63) is 36.7 Å². The molecule has 68 valence electrons. The first-order valence-electron chi connectivity index (χ1n) is 4.29. The molecule has 0 aliphatic rings. The van der Waals surface area contributed by atoms with E-state index in [0.29, 0.717) is 5.76 Å². The van der Waals surface area contributed by atoms with Crippen LogP contribution in [-0.4, -0.2) is 15.4 Å². The molecule has 0 aliphatic heterocycles. The predicted octanol–water partition coefficient (Wildman–Crippen LogP) is 2.22. The lowest BCUT2D eigenvalue weighted by Crippen LogP contribution is -1.72. The number of hydrogen-bond acceptors (Lipinski definition) is 3. The smallest absolute Gasteiger partial charge is 0.204 e. The highest BCUT2D eigenvalue weighted by Gasteiger charge is 2.08. The summed E-state index contributed by atoms with van der Waals surface area (Å²) in [6, 6.07) is 8.06. The normalized spacial score (nSPS) is 10.9. The molecular formula is C10H7N3O. The zero-order valence-electron chi connectivity index (χ0n) is 7.27. The molecule has 0 radical (unpaired) electrons. The molecule has 14 heavy (non-hydrogen) atoms. The van der Waals surface area contributed by atoms with Crippen LogP contribution >= 0.6 is 0 Å². The van der Waals surface area contributed by atoms with Gasteiger partial charge in [0, 0.05) is 16.9 Å². The fourth-order valence-electron chi connectivity index (χ4n) is 1.56. The number of nitrogens with zero attached hydrogens (tertiary/aromatic N) is 2. The first-order valence-corrected chi connectivity index (χ1v) is 4.29. The molecule has 0 fully saturated rings. The summed E-state index contributed by atoms with van der Waals surface area (Å²) in [5, 5.41) is 9.36. The van der Waals surface area contributed by atoms with E-state index in [1.165, 1.54) is 0 Å². The molecule has 0 unspecified atom stereocenters. The average molecular weight is 185 g/mol. The van der Waals surface area contributed by atoms with Crippen molar-refractivity contribution in [1.29, 1.82) is 0 Å². The number of benzene rings is 1. The standard InChI is InChI=1S/C10H7N3O/c1-2-4-8-7(3-1)5-11-10(8)9-6-12-13-14-9/h1-6,11H. The van der Waals surface area contributed by atoms with E-state index in [4.69, 9.17) is 4.52 Å². The number of aromatic amines is 1. The van der Waals surface area contributed by atoms with Gasteiger partial charge in [0.1, 0.15) is 6.20 Å². The third kappa shape index (κ3) is 0.939. The summed E-state index contributed by atoms with van der Waals surface area (Å²) in [5.74, 6) is 0.659. The van der Waals surface area contributed by atoms with E-state index < -0.39 is 0 Å². The Morgan fingerprint density at radius 2 is 2.14 bits per heavy atom. The van der Waals surface area contributed by atoms with Gasteiger partial charge in [-0.05, 0) is 5.39 Å². The molecule has 4 nitrogen and oxygen atoms in total. The Hall–Kier alpha value is -2.10. The molecule has 0 atom stereocenters. The van der Waals surface area contributed by atoms with Crippen LogP contribution in [0.15, 0.2) is 41.2 Å². The van der Waals surface area contributed by atoms with E-state index in [-0.39, 0.29) is 0 Å². The molecule has 2 heterocycles. The summed E-state index contributed by atoms with van der Waals surface area (Å²) >= 11 is 0. The van der Waals surface area contributed by atoms with E-state index in [1.54, 1.807) is 6.20 Å². The third-order valence-corrected chi connectivity index (χ3v) is 2.21. The Kier molecular flexibility index (Phi) is 1.41. The molecule has 1 N–H and O–H groups in total. The maximum Gasteiger partial charge on any atom is 0.204 e. The second-order valence-corrected chi connectivity index (χ2v) is 3.03. The number of nitrogens with one attached hydrogen (secondary N) is 1. The van der Waals surface area contributed by atoms with Crippen molar-refractivity contribution < 1.29 is 4.52 Å². The van der Waals surface area contributed by atoms with Crippen LogP contribution in [0.3, 0.4) is 0 Å². The molecule has 1 aromatic carbocycles. The van der Waals surface area contributed by atoms with Crippen LogP contribution in [0.25, 0.3) is 22.2 Å². The van der Waals surface area contributed by atoms with Crippen LogP contribution in [0, 0.1) is 0 Å². The predicted molar refractivity (Wildman–Crippen MR) is 51.6 cm³/mol. The van der Waals surface area contributed by atoms with Gasteiger partial charge in [0.2, 0.25) is 5.76 Å². The highest BCUT2D eigenvalue weighted by molar-refractivity contribution is 5.94. The molecule has 0 spiro atoms. The third-order valence-electron chi connectivity index (χ3n) is 2.21. The summed E-state index contributed by atoms with van der Waals surface area (Å²) < 4.78 is 4.99. The van der Waals surface area contributed by atoms with Gasteiger partial charge in [-0.3, -0.25) is 0 Å². The Balaban J connectivity index is 2.33. The highest BCUT2D eigenvalue weighted by atomic mass is 16.5. The Bertz CT molecular complexity index is 554. The maximum absolute atomic E-state index is 4.99. The van der Waals surface area contributed by atoms with Gasteiger partial charge in [0.05, 0.1) is 5.69 Å². The van der Waals surface area contributed by atoms with Gasteiger partial charge in [-0.2, -0.15) is 0 Å². The fraction of sp³-hybridized carbons (Fsp3) is 0. The lowest BCUT2D eigenvalue weighted by Gasteiger charge is -1.91. The van der Waals surface area contributed by atoms with E-state index in [1.807, 2.05) is 30.5 Å². The minimum atomic E-state index is 0.659. The van der Waals surface area contributed by atoms with E-state index in [0.717, 1.165) is 16.5 Å². The van der Waals surface area contributed by atoms with Gasteiger partial charge in [0.15, 0.2) is 0 Å². The number of hydrogen-bond donors (Lipinski definition) is 1. The van der Waals surface area contributed by atoms with Gasteiger partial charge in [-0.1, -0.05) is 24.3 Å². The second-order valence-electron chi connectivity index (χ2n) is 3.03. The summed E-state index contributed by atoms with van der Waals surface area (Å²) in [4.78, 5) is 3.14.